The van der Waals surface area contributed by atoms with Crippen molar-refractivity contribution in [3.8, 4) is 6.07 Å². The molecular formula is C23H22N10O. The number of hydrogen-bond donors (Lipinski definition) is 3. The predicted octanol–water partition coefficient (Wildman–Crippen LogP) is 2.68. The minimum absolute atomic E-state index is 0.124. The number of aryl methyl sites for hydroxylation is 1. The van der Waals surface area contributed by atoms with Gasteiger partial charge in [-0.1, -0.05) is 19.1 Å². The molecule has 0 fully saturated rings. The van der Waals surface area contributed by atoms with Gasteiger partial charge in [0.15, 0.2) is 5.82 Å². The molecule has 1 aliphatic rings. The van der Waals surface area contributed by atoms with E-state index in [-0.39, 0.29) is 22.9 Å². The first-order chi connectivity index (χ1) is 16.4. The van der Waals surface area contributed by atoms with Crippen LogP contribution in [-0.4, -0.2) is 44.3 Å². The van der Waals surface area contributed by atoms with Crippen molar-refractivity contribution in [3.05, 3.63) is 57.8 Å². The van der Waals surface area contributed by atoms with Crippen LogP contribution >= 0.6 is 0 Å². The summed E-state index contributed by atoms with van der Waals surface area (Å²) >= 11 is 0. The third-order valence-corrected chi connectivity index (χ3v) is 5.44. The zero-order valence-electron chi connectivity index (χ0n) is 18.6. The Hall–Kier alpha value is -4.72. The number of rotatable bonds is 6. The molecule has 0 bridgehead atoms. The minimum Gasteiger partial charge on any atom is -0.397 e. The topological polar surface area (TPSA) is 171 Å². The largest absolute Gasteiger partial charge is 0.397 e. The van der Waals surface area contributed by atoms with Crippen molar-refractivity contribution >= 4 is 47.1 Å². The zero-order valence-corrected chi connectivity index (χ0v) is 18.6. The van der Waals surface area contributed by atoms with Crippen molar-refractivity contribution in [2.45, 2.75) is 32.4 Å². The Morgan fingerprint density at radius 3 is 2.85 bits per heavy atom. The molecule has 4 rings (SSSR count). The van der Waals surface area contributed by atoms with Gasteiger partial charge in [-0.25, -0.2) is 19.5 Å². The average molecular weight is 454 g/mol. The van der Waals surface area contributed by atoms with Crippen LogP contribution in [0.15, 0.2) is 45.1 Å². The molecule has 34 heavy (non-hydrogen) atoms. The van der Waals surface area contributed by atoms with Crippen LogP contribution in [0, 0.1) is 23.7 Å². The molecule has 1 aromatic carbocycles. The Balaban J connectivity index is 1.96. The number of hydrogen-bond acceptors (Lipinski definition) is 10. The number of nitrogens with two attached hydrogens (primary N) is 1. The SMILES string of the molecule is C=Nc1nc(C)c(C#N)c(N[C@@H](CC)c2nc3c(N)cccc3c(=O)n2C2=NC(C=N)C=C2)n1. The molecule has 3 aromatic rings. The quantitative estimate of drug-likeness (QED) is 0.379. The number of aromatic nitrogens is 4. The molecule has 0 saturated heterocycles. The standard InChI is InChI=1S/C23H22N10O/c1-4-17(30-20-15(11-25)12(2)28-23(27-3)32-20)21-31-19-14(6-5-7-16(19)26)22(34)33(21)18-9-8-13(10-24)29-18/h5-10,13,17,24H,3-4,26H2,1-2H3,(H,28,30,32)/t13?,17-/m0/s1. The van der Waals surface area contributed by atoms with Crippen LogP contribution < -0.4 is 16.6 Å². The van der Waals surface area contributed by atoms with E-state index in [0.29, 0.717) is 40.4 Å². The molecule has 2 atom stereocenters. The van der Waals surface area contributed by atoms with Gasteiger partial charge in [-0.05, 0) is 38.3 Å². The number of aliphatic imine (C=N–C) groups is 2. The summed E-state index contributed by atoms with van der Waals surface area (Å²) in [5.74, 6) is 1.09. The molecule has 0 spiro atoms. The molecule has 4 N–H and O–H groups in total. The summed E-state index contributed by atoms with van der Waals surface area (Å²) in [5.41, 5.74) is 7.25. The lowest BCUT2D eigenvalue weighted by Gasteiger charge is -2.22. The van der Waals surface area contributed by atoms with Crippen LogP contribution in [0.3, 0.4) is 0 Å². The molecule has 1 unspecified atom stereocenters. The molecule has 0 aliphatic carbocycles. The number of fused-ring (bicyclic) bond motifs is 1. The maximum atomic E-state index is 13.6. The highest BCUT2D eigenvalue weighted by atomic mass is 16.1. The Morgan fingerprint density at radius 1 is 1.41 bits per heavy atom. The van der Waals surface area contributed by atoms with Crippen LogP contribution in [0.1, 0.15) is 36.5 Å². The minimum atomic E-state index is -0.550. The van der Waals surface area contributed by atoms with Crippen LogP contribution in [-0.2, 0) is 0 Å². The molecule has 11 heteroatoms. The number of allylic oxidation sites excluding steroid dienone is 1. The van der Waals surface area contributed by atoms with Crippen molar-refractivity contribution in [1.29, 1.82) is 10.7 Å². The second kappa shape index (κ2) is 9.03. The number of nitrogens with zero attached hydrogens (tertiary/aromatic N) is 7. The van der Waals surface area contributed by atoms with Gasteiger partial charge in [0.2, 0.25) is 0 Å². The molecular weight excluding hydrogens is 432 g/mol. The smallest absolute Gasteiger partial charge is 0.267 e. The van der Waals surface area contributed by atoms with E-state index in [0.717, 1.165) is 0 Å². The number of anilines is 2. The van der Waals surface area contributed by atoms with E-state index in [1.165, 1.54) is 10.8 Å². The molecule has 0 saturated carbocycles. The van der Waals surface area contributed by atoms with Crippen molar-refractivity contribution in [3.63, 3.8) is 0 Å². The van der Waals surface area contributed by atoms with E-state index < -0.39 is 12.1 Å². The summed E-state index contributed by atoms with van der Waals surface area (Å²) in [7, 11) is 0. The Labute approximate surface area is 194 Å². The second-order valence-electron chi connectivity index (χ2n) is 7.57. The van der Waals surface area contributed by atoms with E-state index in [1.54, 1.807) is 37.3 Å². The van der Waals surface area contributed by atoms with Crippen molar-refractivity contribution in [2.75, 3.05) is 11.1 Å². The molecule has 0 amide bonds. The van der Waals surface area contributed by atoms with Gasteiger partial charge in [0.1, 0.15) is 34.9 Å². The van der Waals surface area contributed by atoms with E-state index in [1.807, 2.05) is 6.92 Å². The van der Waals surface area contributed by atoms with Crippen molar-refractivity contribution in [1.82, 2.24) is 19.5 Å². The lowest BCUT2D eigenvalue weighted by molar-refractivity contribution is 0.668. The average Bonchev–Trinajstić information content (AvgIpc) is 3.31. The van der Waals surface area contributed by atoms with Crippen LogP contribution in [0.4, 0.5) is 17.5 Å². The number of nitrogens with one attached hydrogen (secondary N) is 2. The third-order valence-electron chi connectivity index (χ3n) is 5.44. The summed E-state index contributed by atoms with van der Waals surface area (Å²) in [6, 6.07) is 6.13. The fourth-order valence-electron chi connectivity index (χ4n) is 3.73. The van der Waals surface area contributed by atoms with Gasteiger partial charge >= 0.3 is 0 Å². The highest BCUT2D eigenvalue weighted by Gasteiger charge is 2.25. The highest BCUT2D eigenvalue weighted by Crippen LogP contribution is 2.27. The molecule has 3 heterocycles. The van der Waals surface area contributed by atoms with E-state index in [2.05, 4.69) is 38.1 Å². The maximum Gasteiger partial charge on any atom is 0.267 e. The number of nitriles is 1. The Bertz CT molecular complexity index is 1480. The lowest BCUT2D eigenvalue weighted by atomic mass is 10.1. The summed E-state index contributed by atoms with van der Waals surface area (Å²) in [4.78, 5) is 35.0. The fraction of sp³-hybridized carbons (Fsp3) is 0.217. The number of nitrogen functional groups attached to an aromatic ring is 1. The summed E-state index contributed by atoms with van der Waals surface area (Å²) in [6.07, 6.45) is 5.08. The summed E-state index contributed by atoms with van der Waals surface area (Å²) in [5, 5.41) is 20.8. The summed E-state index contributed by atoms with van der Waals surface area (Å²) < 4.78 is 1.41. The lowest BCUT2D eigenvalue weighted by Crippen LogP contribution is -2.33. The van der Waals surface area contributed by atoms with Gasteiger partial charge < -0.3 is 16.5 Å². The van der Waals surface area contributed by atoms with Crippen LogP contribution in [0.25, 0.3) is 10.9 Å². The first-order valence-electron chi connectivity index (χ1n) is 10.5. The molecule has 0 radical (unpaired) electrons. The normalized spacial score (nSPS) is 15.6. The van der Waals surface area contributed by atoms with Gasteiger partial charge in [0, 0.05) is 6.21 Å². The van der Waals surface area contributed by atoms with E-state index in [4.69, 9.17) is 16.1 Å². The highest BCUT2D eigenvalue weighted by molar-refractivity contribution is 6.01. The predicted molar refractivity (Wildman–Crippen MR) is 132 cm³/mol. The van der Waals surface area contributed by atoms with E-state index >= 15 is 0 Å². The zero-order chi connectivity index (χ0) is 24.4. The first kappa shape index (κ1) is 22.5. The van der Waals surface area contributed by atoms with Crippen LogP contribution in [0.2, 0.25) is 0 Å². The van der Waals surface area contributed by atoms with Gasteiger partial charge in [-0.3, -0.25) is 9.79 Å². The Kier molecular flexibility index (Phi) is 5.97. The maximum absolute atomic E-state index is 13.6. The van der Waals surface area contributed by atoms with Crippen LogP contribution in [0.5, 0.6) is 0 Å². The number of para-hydroxylation sites is 1. The monoisotopic (exact) mass is 454 g/mol. The van der Waals surface area contributed by atoms with Gasteiger partial charge in [-0.15, -0.1) is 0 Å². The molecule has 11 nitrogen and oxygen atoms in total. The first-order valence-corrected chi connectivity index (χ1v) is 10.5. The number of benzene rings is 1. The van der Waals surface area contributed by atoms with Crippen molar-refractivity contribution in [2.24, 2.45) is 9.98 Å². The summed E-state index contributed by atoms with van der Waals surface area (Å²) in [6.45, 7) is 7.06. The molecule has 170 valence electrons. The van der Waals surface area contributed by atoms with Gasteiger partial charge in [0.05, 0.1) is 22.8 Å². The van der Waals surface area contributed by atoms with Gasteiger partial charge in [0.25, 0.3) is 11.5 Å². The molecule has 1 aliphatic heterocycles. The fourth-order valence-corrected chi connectivity index (χ4v) is 3.73. The Morgan fingerprint density at radius 2 is 2.21 bits per heavy atom. The molecule has 2 aromatic heterocycles. The van der Waals surface area contributed by atoms with E-state index in [9.17, 15) is 10.1 Å². The second-order valence-corrected chi connectivity index (χ2v) is 7.57. The third kappa shape index (κ3) is 3.81. The van der Waals surface area contributed by atoms with Crippen molar-refractivity contribution < 1.29 is 0 Å². The van der Waals surface area contributed by atoms with Gasteiger partial charge in [-0.2, -0.15) is 10.2 Å².